The molecule has 0 aromatic carbocycles. The first-order valence-electron chi connectivity index (χ1n) is 8.13. The fraction of sp³-hybridized carbons (Fsp3) is 0.875. The van der Waals surface area contributed by atoms with Crippen molar-refractivity contribution >= 4 is 11.9 Å². The summed E-state index contributed by atoms with van der Waals surface area (Å²) in [6.07, 6.45) is 8.83. The molecule has 21 heavy (non-hydrogen) atoms. The molecular formula is C16H27NO4. The third-order valence-electron chi connectivity index (χ3n) is 5.24. The summed E-state index contributed by atoms with van der Waals surface area (Å²) in [6, 6.07) is 0. The summed E-state index contributed by atoms with van der Waals surface area (Å²) in [4.78, 5) is 23.5. The van der Waals surface area contributed by atoms with E-state index in [9.17, 15) is 14.7 Å². The first-order valence-corrected chi connectivity index (χ1v) is 8.13. The Hall–Kier alpha value is -1.10. The van der Waals surface area contributed by atoms with Crippen molar-refractivity contribution in [3.8, 4) is 0 Å². The van der Waals surface area contributed by atoms with E-state index < -0.39 is 11.5 Å². The molecule has 5 heteroatoms. The third kappa shape index (κ3) is 4.19. The second kappa shape index (κ2) is 6.77. The Balaban J connectivity index is 1.99. The zero-order chi connectivity index (χ0) is 15.3. The monoisotopic (exact) mass is 297 g/mol. The molecular weight excluding hydrogens is 270 g/mol. The van der Waals surface area contributed by atoms with Crippen molar-refractivity contribution in [2.24, 2.45) is 5.41 Å². The molecule has 120 valence electrons. The van der Waals surface area contributed by atoms with Crippen LogP contribution in [0.25, 0.3) is 0 Å². The maximum Gasteiger partial charge on any atom is 0.303 e. The van der Waals surface area contributed by atoms with Crippen LogP contribution >= 0.6 is 0 Å². The highest BCUT2D eigenvalue weighted by Crippen LogP contribution is 2.42. The summed E-state index contributed by atoms with van der Waals surface area (Å²) >= 11 is 0. The number of nitrogens with one attached hydrogen (secondary N) is 1. The summed E-state index contributed by atoms with van der Waals surface area (Å²) in [5.74, 6) is -0.906. The molecule has 2 aliphatic carbocycles. The van der Waals surface area contributed by atoms with Crippen molar-refractivity contribution in [3.05, 3.63) is 0 Å². The van der Waals surface area contributed by atoms with Gasteiger partial charge in [0, 0.05) is 6.42 Å². The van der Waals surface area contributed by atoms with Crippen molar-refractivity contribution in [3.63, 3.8) is 0 Å². The summed E-state index contributed by atoms with van der Waals surface area (Å²) in [7, 11) is 0. The van der Waals surface area contributed by atoms with Crippen LogP contribution in [0.5, 0.6) is 0 Å². The summed E-state index contributed by atoms with van der Waals surface area (Å²) in [5, 5.41) is 21.7. The van der Waals surface area contributed by atoms with E-state index >= 15 is 0 Å². The fourth-order valence-corrected chi connectivity index (χ4v) is 4.09. The Bertz CT molecular complexity index is 382. The smallest absolute Gasteiger partial charge is 0.303 e. The number of rotatable bonds is 6. The highest BCUT2D eigenvalue weighted by Gasteiger charge is 2.39. The number of carboxylic acids is 1. The number of carbonyl (C=O) groups excluding carboxylic acids is 1. The third-order valence-corrected chi connectivity index (χ3v) is 5.24. The van der Waals surface area contributed by atoms with E-state index in [4.69, 9.17) is 5.11 Å². The van der Waals surface area contributed by atoms with Crippen LogP contribution in [0.1, 0.15) is 70.6 Å². The zero-order valence-electron chi connectivity index (χ0n) is 12.7. The van der Waals surface area contributed by atoms with Gasteiger partial charge < -0.3 is 15.5 Å². The summed E-state index contributed by atoms with van der Waals surface area (Å²) in [6.45, 7) is -0.0231. The van der Waals surface area contributed by atoms with Crippen LogP contribution in [0.3, 0.4) is 0 Å². The predicted octanol–water partition coefficient (Wildman–Crippen LogP) is 2.22. The van der Waals surface area contributed by atoms with E-state index in [2.05, 4.69) is 5.32 Å². The number of hydrogen-bond acceptors (Lipinski definition) is 3. The molecule has 0 heterocycles. The number of amides is 1. The molecule has 0 unspecified atom stereocenters. The molecule has 2 saturated carbocycles. The minimum atomic E-state index is -0.817. The first kappa shape index (κ1) is 16.3. The second-order valence-corrected chi connectivity index (χ2v) is 7.00. The molecule has 0 aromatic rings. The molecule has 2 fully saturated rings. The SMILES string of the molecule is O=C(O)CC1(CC(=O)NC2(CO)CCCC2)CCCCC1. The number of carbonyl (C=O) groups is 2. The van der Waals surface area contributed by atoms with Crippen molar-refractivity contribution in [1.29, 1.82) is 0 Å². The second-order valence-electron chi connectivity index (χ2n) is 7.00. The van der Waals surface area contributed by atoms with Gasteiger partial charge in [0.05, 0.1) is 18.6 Å². The van der Waals surface area contributed by atoms with E-state index in [0.717, 1.165) is 57.8 Å². The average molecular weight is 297 g/mol. The number of aliphatic hydroxyl groups is 1. The Morgan fingerprint density at radius 2 is 1.48 bits per heavy atom. The zero-order valence-corrected chi connectivity index (χ0v) is 12.7. The maximum absolute atomic E-state index is 12.4. The van der Waals surface area contributed by atoms with Gasteiger partial charge in [-0.2, -0.15) is 0 Å². The van der Waals surface area contributed by atoms with Crippen LogP contribution in [0, 0.1) is 5.41 Å². The average Bonchev–Trinajstić information content (AvgIpc) is 2.87. The highest BCUT2D eigenvalue weighted by molar-refractivity contribution is 5.79. The molecule has 2 aliphatic rings. The predicted molar refractivity (Wildman–Crippen MR) is 78.8 cm³/mol. The molecule has 0 bridgehead atoms. The van der Waals surface area contributed by atoms with Gasteiger partial charge in [-0.25, -0.2) is 0 Å². The van der Waals surface area contributed by atoms with Gasteiger partial charge in [-0.3, -0.25) is 9.59 Å². The van der Waals surface area contributed by atoms with Crippen LogP contribution in [0.15, 0.2) is 0 Å². The molecule has 3 N–H and O–H groups in total. The molecule has 0 aromatic heterocycles. The first-order chi connectivity index (χ1) is 9.99. The van der Waals surface area contributed by atoms with E-state index in [-0.39, 0.29) is 30.8 Å². The van der Waals surface area contributed by atoms with E-state index in [1.807, 2.05) is 0 Å². The van der Waals surface area contributed by atoms with Crippen LogP contribution in [-0.4, -0.2) is 34.2 Å². The largest absolute Gasteiger partial charge is 0.481 e. The Morgan fingerprint density at radius 3 is 2.00 bits per heavy atom. The Kier molecular flexibility index (Phi) is 5.25. The van der Waals surface area contributed by atoms with E-state index in [0.29, 0.717) is 0 Å². The lowest BCUT2D eigenvalue weighted by molar-refractivity contribution is -0.141. The van der Waals surface area contributed by atoms with E-state index in [1.54, 1.807) is 0 Å². The molecule has 1 amide bonds. The topological polar surface area (TPSA) is 86.6 Å². The van der Waals surface area contributed by atoms with Gasteiger partial charge in [0.15, 0.2) is 0 Å². The van der Waals surface area contributed by atoms with Gasteiger partial charge in [-0.1, -0.05) is 32.1 Å². The van der Waals surface area contributed by atoms with E-state index in [1.165, 1.54) is 0 Å². The number of carboxylic acid groups (broad SMARTS) is 1. The van der Waals surface area contributed by atoms with Crippen molar-refractivity contribution in [1.82, 2.24) is 5.32 Å². The Labute approximate surface area is 126 Å². The van der Waals surface area contributed by atoms with Gasteiger partial charge in [0.2, 0.25) is 5.91 Å². The molecule has 0 aliphatic heterocycles. The van der Waals surface area contributed by atoms with Crippen molar-refractivity contribution < 1.29 is 19.8 Å². The molecule has 2 rings (SSSR count). The van der Waals surface area contributed by atoms with Gasteiger partial charge in [0.1, 0.15) is 0 Å². The van der Waals surface area contributed by atoms with Crippen LogP contribution in [0.2, 0.25) is 0 Å². The molecule has 5 nitrogen and oxygen atoms in total. The van der Waals surface area contributed by atoms with Crippen LogP contribution in [-0.2, 0) is 9.59 Å². The minimum absolute atomic E-state index is 0.0231. The molecule has 0 radical (unpaired) electrons. The maximum atomic E-state index is 12.4. The lowest BCUT2D eigenvalue weighted by Gasteiger charge is -2.37. The number of aliphatic carboxylic acids is 1. The lowest BCUT2D eigenvalue weighted by Crippen LogP contribution is -2.50. The quantitative estimate of drug-likeness (QED) is 0.701. The van der Waals surface area contributed by atoms with Gasteiger partial charge in [0.25, 0.3) is 0 Å². The standard InChI is InChI=1S/C16H27NO4/c18-12-16(8-4-5-9-16)17-13(19)10-15(11-14(20)21)6-2-1-3-7-15/h18H,1-12H2,(H,17,19)(H,20,21). The van der Waals surface area contributed by atoms with Gasteiger partial charge in [-0.15, -0.1) is 0 Å². The molecule has 0 atom stereocenters. The normalized spacial score (nSPS) is 23.7. The molecule has 0 spiro atoms. The number of aliphatic hydroxyl groups excluding tert-OH is 1. The fourth-order valence-electron chi connectivity index (χ4n) is 4.09. The summed E-state index contributed by atoms with van der Waals surface area (Å²) in [5.41, 5.74) is -0.848. The van der Waals surface area contributed by atoms with Crippen molar-refractivity contribution in [2.75, 3.05) is 6.61 Å². The molecule has 0 saturated heterocycles. The Morgan fingerprint density at radius 1 is 0.905 bits per heavy atom. The van der Waals surface area contributed by atoms with Crippen LogP contribution < -0.4 is 5.32 Å². The summed E-state index contributed by atoms with van der Waals surface area (Å²) < 4.78 is 0. The number of hydrogen-bond donors (Lipinski definition) is 3. The minimum Gasteiger partial charge on any atom is -0.481 e. The van der Waals surface area contributed by atoms with Crippen molar-refractivity contribution in [2.45, 2.75) is 76.2 Å². The van der Waals surface area contributed by atoms with Gasteiger partial charge in [-0.05, 0) is 31.1 Å². The van der Waals surface area contributed by atoms with Gasteiger partial charge >= 0.3 is 5.97 Å². The highest BCUT2D eigenvalue weighted by atomic mass is 16.4. The van der Waals surface area contributed by atoms with Crippen LogP contribution in [0.4, 0.5) is 0 Å². The lowest BCUT2D eigenvalue weighted by atomic mass is 9.69.